The Bertz CT molecular complexity index is 966. The maximum absolute atomic E-state index is 11.7. The highest BCUT2D eigenvalue weighted by Gasteiger charge is 2.23. The Morgan fingerprint density at radius 1 is 0.871 bits per heavy atom. The molecule has 0 saturated carbocycles. The standard InChI is InChI=1S/C26H30N4O/c27-26-8-4-7-25(28-26)23-11-9-21(10-12-23)13-14-29-15-17-30(18-16-29)24(20-31)19-22-5-2-1-3-6-22/h1-12,20,24H,13-19H2,(H2,27,28). The van der Waals surface area contributed by atoms with Gasteiger partial charge in [-0.15, -0.1) is 0 Å². The summed E-state index contributed by atoms with van der Waals surface area (Å²) >= 11 is 0. The Kier molecular flexibility index (Phi) is 7.07. The van der Waals surface area contributed by atoms with E-state index in [0.717, 1.165) is 63.1 Å². The lowest BCUT2D eigenvalue weighted by Gasteiger charge is -2.37. The number of nitrogens with two attached hydrogens (primary N) is 1. The zero-order chi connectivity index (χ0) is 21.5. The second kappa shape index (κ2) is 10.3. The average Bonchev–Trinajstić information content (AvgIpc) is 2.83. The summed E-state index contributed by atoms with van der Waals surface area (Å²) in [6.07, 6.45) is 2.92. The summed E-state index contributed by atoms with van der Waals surface area (Å²) in [7, 11) is 0. The van der Waals surface area contributed by atoms with Crippen LogP contribution < -0.4 is 5.73 Å². The Labute approximate surface area is 184 Å². The maximum atomic E-state index is 11.7. The predicted octanol–water partition coefficient (Wildman–Crippen LogP) is 3.30. The Morgan fingerprint density at radius 3 is 2.29 bits per heavy atom. The maximum Gasteiger partial charge on any atom is 0.137 e. The van der Waals surface area contributed by atoms with Crippen LogP contribution in [0.3, 0.4) is 0 Å². The average molecular weight is 415 g/mol. The minimum Gasteiger partial charge on any atom is -0.384 e. The van der Waals surface area contributed by atoms with Crippen molar-refractivity contribution in [1.82, 2.24) is 14.8 Å². The van der Waals surface area contributed by atoms with Gasteiger partial charge in [0.25, 0.3) is 0 Å². The van der Waals surface area contributed by atoms with Gasteiger partial charge < -0.3 is 15.4 Å². The summed E-state index contributed by atoms with van der Waals surface area (Å²) in [5, 5.41) is 0. The van der Waals surface area contributed by atoms with Gasteiger partial charge in [-0.25, -0.2) is 4.98 Å². The van der Waals surface area contributed by atoms with Crippen LogP contribution in [-0.2, 0) is 17.6 Å². The third kappa shape index (κ3) is 5.78. The van der Waals surface area contributed by atoms with Gasteiger partial charge in [0, 0.05) is 38.3 Å². The molecule has 5 nitrogen and oxygen atoms in total. The molecule has 0 bridgehead atoms. The van der Waals surface area contributed by atoms with Gasteiger partial charge in [0.15, 0.2) is 0 Å². The van der Waals surface area contributed by atoms with Crippen LogP contribution in [0, 0.1) is 0 Å². The quantitative estimate of drug-likeness (QED) is 0.573. The number of hydrogen-bond donors (Lipinski definition) is 1. The van der Waals surface area contributed by atoms with E-state index < -0.39 is 0 Å². The number of aldehydes is 1. The predicted molar refractivity (Wildman–Crippen MR) is 126 cm³/mol. The van der Waals surface area contributed by atoms with Crippen LogP contribution in [0.1, 0.15) is 11.1 Å². The number of piperazine rings is 1. The van der Waals surface area contributed by atoms with E-state index in [0.29, 0.717) is 5.82 Å². The van der Waals surface area contributed by atoms with Crippen LogP contribution in [0.5, 0.6) is 0 Å². The summed E-state index contributed by atoms with van der Waals surface area (Å²) in [6.45, 7) is 4.93. The number of nitrogens with zero attached hydrogens (tertiary/aromatic N) is 3. The number of anilines is 1. The molecule has 1 fully saturated rings. The molecule has 4 rings (SSSR count). The Balaban J connectivity index is 1.25. The minimum absolute atomic E-state index is 0.0299. The van der Waals surface area contributed by atoms with Gasteiger partial charge >= 0.3 is 0 Å². The summed E-state index contributed by atoms with van der Waals surface area (Å²) in [6, 6.07) is 24.6. The van der Waals surface area contributed by atoms with Crippen molar-refractivity contribution in [3.8, 4) is 11.3 Å². The normalized spacial score (nSPS) is 16.1. The van der Waals surface area contributed by atoms with Gasteiger partial charge in [0.1, 0.15) is 12.1 Å². The van der Waals surface area contributed by atoms with E-state index in [1.165, 1.54) is 11.1 Å². The molecular formula is C26H30N4O. The molecule has 31 heavy (non-hydrogen) atoms. The van der Waals surface area contributed by atoms with E-state index in [4.69, 9.17) is 5.73 Å². The first kappa shape index (κ1) is 21.2. The Morgan fingerprint density at radius 2 is 1.61 bits per heavy atom. The topological polar surface area (TPSA) is 62.5 Å². The molecule has 0 spiro atoms. The fourth-order valence-electron chi connectivity index (χ4n) is 4.18. The second-order valence-corrected chi connectivity index (χ2v) is 8.17. The molecule has 1 atom stereocenters. The number of benzene rings is 2. The van der Waals surface area contributed by atoms with E-state index in [1.807, 2.05) is 30.3 Å². The summed E-state index contributed by atoms with van der Waals surface area (Å²) in [5.74, 6) is 0.543. The molecule has 2 N–H and O–H groups in total. The number of nitrogen functional groups attached to an aromatic ring is 1. The highest BCUT2D eigenvalue weighted by atomic mass is 16.1. The smallest absolute Gasteiger partial charge is 0.137 e. The zero-order valence-electron chi connectivity index (χ0n) is 17.9. The molecule has 3 aromatic rings. The lowest BCUT2D eigenvalue weighted by atomic mass is 10.0. The summed E-state index contributed by atoms with van der Waals surface area (Å²) in [4.78, 5) is 20.9. The molecule has 0 amide bonds. The molecule has 1 aliphatic heterocycles. The van der Waals surface area contributed by atoms with Crippen molar-refractivity contribution in [3.05, 3.63) is 83.9 Å². The highest BCUT2D eigenvalue weighted by Crippen LogP contribution is 2.19. The first-order valence-corrected chi connectivity index (χ1v) is 11.0. The van der Waals surface area contributed by atoms with Crippen molar-refractivity contribution in [1.29, 1.82) is 0 Å². The van der Waals surface area contributed by atoms with E-state index in [2.05, 4.69) is 51.2 Å². The second-order valence-electron chi connectivity index (χ2n) is 8.17. The van der Waals surface area contributed by atoms with Crippen molar-refractivity contribution >= 4 is 12.1 Å². The van der Waals surface area contributed by atoms with Crippen LogP contribution in [0.4, 0.5) is 5.82 Å². The molecule has 2 aromatic carbocycles. The molecule has 0 radical (unpaired) electrons. The van der Waals surface area contributed by atoms with Crippen molar-refractivity contribution in [2.75, 3.05) is 38.5 Å². The minimum atomic E-state index is -0.0299. The molecule has 1 unspecified atom stereocenters. The molecule has 1 aliphatic rings. The van der Waals surface area contributed by atoms with Gasteiger partial charge in [-0.05, 0) is 36.1 Å². The van der Waals surface area contributed by atoms with Gasteiger partial charge in [0.2, 0.25) is 0 Å². The van der Waals surface area contributed by atoms with Gasteiger partial charge in [-0.3, -0.25) is 4.90 Å². The van der Waals surface area contributed by atoms with Crippen molar-refractivity contribution in [2.45, 2.75) is 18.9 Å². The van der Waals surface area contributed by atoms with E-state index in [-0.39, 0.29) is 6.04 Å². The molecular weight excluding hydrogens is 384 g/mol. The molecule has 2 heterocycles. The number of hydrogen-bond acceptors (Lipinski definition) is 5. The van der Waals surface area contributed by atoms with Crippen LogP contribution in [-0.4, -0.2) is 59.8 Å². The van der Waals surface area contributed by atoms with Crippen molar-refractivity contribution < 1.29 is 4.79 Å². The van der Waals surface area contributed by atoms with Crippen LogP contribution in [0.2, 0.25) is 0 Å². The van der Waals surface area contributed by atoms with Gasteiger partial charge in [-0.2, -0.15) is 0 Å². The lowest BCUT2D eigenvalue weighted by molar-refractivity contribution is -0.113. The number of aromatic nitrogens is 1. The van der Waals surface area contributed by atoms with Crippen molar-refractivity contribution in [3.63, 3.8) is 0 Å². The van der Waals surface area contributed by atoms with E-state index in [9.17, 15) is 4.79 Å². The molecule has 5 heteroatoms. The van der Waals surface area contributed by atoms with E-state index in [1.54, 1.807) is 6.07 Å². The number of pyridine rings is 1. The van der Waals surface area contributed by atoms with Gasteiger partial charge in [-0.1, -0.05) is 60.7 Å². The van der Waals surface area contributed by atoms with Crippen LogP contribution in [0.25, 0.3) is 11.3 Å². The number of carbonyl (C=O) groups is 1. The largest absolute Gasteiger partial charge is 0.384 e. The van der Waals surface area contributed by atoms with E-state index >= 15 is 0 Å². The van der Waals surface area contributed by atoms with Gasteiger partial charge in [0.05, 0.1) is 11.7 Å². The molecule has 160 valence electrons. The lowest BCUT2D eigenvalue weighted by Crippen LogP contribution is -2.51. The molecule has 1 aromatic heterocycles. The Hall–Kier alpha value is -3.02. The fraction of sp³-hybridized carbons (Fsp3) is 0.308. The third-order valence-corrected chi connectivity index (χ3v) is 6.06. The first-order chi connectivity index (χ1) is 15.2. The third-order valence-electron chi connectivity index (χ3n) is 6.06. The van der Waals surface area contributed by atoms with Crippen LogP contribution in [0.15, 0.2) is 72.8 Å². The highest BCUT2D eigenvalue weighted by molar-refractivity contribution is 5.61. The SMILES string of the molecule is Nc1cccc(-c2ccc(CCN3CCN(C(C=O)Cc4ccccc4)CC3)cc2)n1. The molecule has 1 saturated heterocycles. The molecule has 0 aliphatic carbocycles. The fourth-order valence-corrected chi connectivity index (χ4v) is 4.18. The zero-order valence-corrected chi connectivity index (χ0v) is 17.9. The summed E-state index contributed by atoms with van der Waals surface area (Å²) < 4.78 is 0. The van der Waals surface area contributed by atoms with Crippen LogP contribution >= 0.6 is 0 Å². The number of rotatable bonds is 8. The monoisotopic (exact) mass is 414 g/mol. The number of carbonyl (C=O) groups excluding carboxylic acids is 1. The summed E-state index contributed by atoms with van der Waals surface area (Å²) in [5.41, 5.74) is 10.3. The first-order valence-electron chi connectivity index (χ1n) is 11.0. The van der Waals surface area contributed by atoms with Crippen molar-refractivity contribution in [2.24, 2.45) is 0 Å².